The summed E-state index contributed by atoms with van der Waals surface area (Å²) in [5.74, 6) is -4.37. The van der Waals surface area contributed by atoms with Crippen molar-refractivity contribution >= 4 is 22.8 Å². The highest BCUT2D eigenvalue weighted by molar-refractivity contribution is 5.94. The van der Waals surface area contributed by atoms with Crippen molar-refractivity contribution < 1.29 is 18.0 Å². The molecule has 4 rings (SSSR count). The first-order valence-electron chi connectivity index (χ1n) is 8.44. The Kier molecular flexibility index (Phi) is 4.39. The van der Waals surface area contributed by atoms with Gasteiger partial charge in [-0.05, 0) is 24.3 Å². The van der Waals surface area contributed by atoms with E-state index in [9.17, 15) is 18.0 Å². The van der Waals surface area contributed by atoms with E-state index in [2.05, 4.69) is 9.97 Å². The molecule has 1 aliphatic rings. The van der Waals surface area contributed by atoms with Crippen molar-refractivity contribution in [3.8, 4) is 0 Å². The standard InChI is InChI=1S/C19H15F3N4O/c20-13-6-5-12(17(21)18(13)22)19(27)26-9-7-25(8-10-26)16-11-23-14-3-1-2-4-15(14)24-16/h1-6,11H,7-10H2. The molecule has 138 valence electrons. The molecular formula is C19H15F3N4O. The number of aromatic nitrogens is 2. The maximum absolute atomic E-state index is 13.9. The molecule has 0 unspecified atom stereocenters. The predicted octanol–water partition coefficient (Wildman–Crippen LogP) is 3.01. The number of benzene rings is 2. The van der Waals surface area contributed by atoms with Crippen LogP contribution >= 0.6 is 0 Å². The largest absolute Gasteiger partial charge is 0.352 e. The summed E-state index contributed by atoms with van der Waals surface area (Å²) in [7, 11) is 0. The predicted molar refractivity (Wildman–Crippen MR) is 94.0 cm³/mol. The Labute approximate surface area is 153 Å². The van der Waals surface area contributed by atoms with Crippen molar-refractivity contribution in [3.05, 3.63) is 65.6 Å². The summed E-state index contributed by atoms with van der Waals surface area (Å²) < 4.78 is 40.3. The number of hydrogen-bond acceptors (Lipinski definition) is 4. The average Bonchev–Trinajstić information content (AvgIpc) is 2.71. The van der Waals surface area contributed by atoms with E-state index >= 15 is 0 Å². The Hall–Kier alpha value is -3.16. The maximum Gasteiger partial charge on any atom is 0.257 e. The van der Waals surface area contributed by atoms with Gasteiger partial charge in [0.05, 0.1) is 22.8 Å². The molecule has 0 bridgehead atoms. The summed E-state index contributed by atoms with van der Waals surface area (Å²) in [6, 6.07) is 9.24. The third kappa shape index (κ3) is 3.18. The summed E-state index contributed by atoms with van der Waals surface area (Å²) in [4.78, 5) is 24.8. The van der Waals surface area contributed by atoms with Crippen LogP contribution in [0, 0.1) is 17.5 Å². The van der Waals surface area contributed by atoms with Crippen LogP contribution in [0.4, 0.5) is 19.0 Å². The fourth-order valence-corrected chi connectivity index (χ4v) is 3.10. The van der Waals surface area contributed by atoms with Gasteiger partial charge in [0.2, 0.25) is 0 Å². The fraction of sp³-hybridized carbons (Fsp3) is 0.211. The Balaban J connectivity index is 1.48. The lowest BCUT2D eigenvalue weighted by Gasteiger charge is -2.35. The van der Waals surface area contributed by atoms with Gasteiger partial charge in [-0.2, -0.15) is 0 Å². The number of para-hydroxylation sites is 2. The van der Waals surface area contributed by atoms with Crippen LogP contribution in [0.25, 0.3) is 11.0 Å². The molecule has 2 aromatic carbocycles. The summed E-state index contributed by atoms with van der Waals surface area (Å²) in [6.07, 6.45) is 1.68. The minimum absolute atomic E-state index is 0.311. The molecule has 1 amide bonds. The van der Waals surface area contributed by atoms with E-state index in [4.69, 9.17) is 0 Å². The number of fused-ring (bicyclic) bond motifs is 1. The molecule has 1 fully saturated rings. The number of carbonyl (C=O) groups excluding carboxylic acids is 1. The van der Waals surface area contributed by atoms with Crippen LogP contribution in [0.2, 0.25) is 0 Å². The molecule has 5 nitrogen and oxygen atoms in total. The van der Waals surface area contributed by atoms with Crippen molar-refractivity contribution in [2.24, 2.45) is 0 Å². The first-order valence-corrected chi connectivity index (χ1v) is 8.44. The van der Waals surface area contributed by atoms with Gasteiger partial charge in [-0.25, -0.2) is 18.2 Å². The molecule has 1 saturated heterocycles. The van der Waals surface area contributed by atoms with Gasteiger partial charge in [-0.3, -0.25) is 9.78 Å². The van der Waals surface area contributed by atoms with E-state index in [1.54, 1.807) is 6.20 Å². The lowest BCUT2D eigenvalue weighted by atomic mass is 10.1. The molecule has 1 aliphatic heterocycles. The third-order valence-electron chi connectivity index (χ3n) is 4.59. The Morgan fingerprint density at radius 3 is 2.33 bits per heavy atom. The number of hydrogen-bond donors (Lipinski definition) is 0. The minimum Gasteiger partial charge on any atom is -0.352 e. The lowest BCUT2D eigenvalue weighted by molar-refractivity contribution is 0.0740. The van der Waals surface area contributed by atoms with Crippen LogP contribution in [-0.2, 0) is 0 Å². The van der Waals surface area contributed by atoms with E-state index in [0.717, 1.165) is 23.2 Å². The van der Waals surface area contributed by atoms with Crippen molar-refractivity contribution in [3.63, 3.8) is 0 Å². The molecular weight excluding hydrogens is 357 g/mol. The lowest BCUT2D eigenvalue weighted by Crippen LogP contribution is -2.49. The highest BCUT2D eigenvalue weighted by Gasteiger charge is 2.27. The first-order chi connectivity index (χ1) is 13.0. The monoisotopic (exact) mass is 372 g/mol. The zero-order valence-electron chi connectivity index (χ0n) is 14.2. The highest BCUT2D eigenvalue weighted by Crippen LogP contribution is 2.20. The van der Waals surface area contributed by atoms with Gasteiger partial charge in [0.15, 0.2) is 17.5 Å². The van der Waals surface area contributed by atoms with Gasteiger partial charge in [0, 0.05) is 26.2 Å². The van der Waals surface area contributed by atoms with Crippen molar-refractivity contribution in [2.75, 3.05) is 31.1 Å². The van der Waals surface area contributed by atoms with E-state index in [1.165, 1.54) is 4.90 Å². The topological polar surface area (TPSA) is 49.3 Å². The molecule has 0 spiro atoms. The number of piperazine rings is 1. The second kappa shape index (κ2) is 6.86. The number of anilines is 1. The van der Waals surface area contributed by atoms with Gasteiger partial charge in [-0.1, -0.05) is 12.1 Å². The van der Waals surface area contributed by atoms with Gasteiger partial charge in [-0.15, -0.1) is 0 Å². The molecule has 0 aliphatic carbocycles. The molecule has 0 N–H and O–H groups in total. The third-order valence-corrected chi connectivity index (χ3v) is 4.59. The number of halogens is 3. The Morgan fingerprint density at radius 2 is 1.59 bits per heavy atom. The van der Waals surface area contributed by atoms with E-state index in [0.29, 0.717) is 32.0 Å². The quantitative estimate of drug-likeness (QED) is 0.649. The van der Waals surface area contributed by atoms with Crippen LogP contribution in [0.1, 0.15) is 10.4 Å². The highest BCUT2D eigenvalue weighted by atomic mass is 19.2. The van der Waals surface area contributed by atoms with Crippen LogP contribution in [0.5, 0.6) is 0 Å². The van der Waals surface area contributed by atoms with Crippen LogP contribution < -0.4 is 4.90 Å². The Morgan fingerprint density at radius 1 is 0.889 bits per heavy atom. The summed E-state index contributed by atoms with van der Waals surface area (Å²) in [5, 5.41) is 0. The normalized spacial score (nSPS) is 14.6. The van der Waals surface area contributed by atoms with Gasteiger partial charge >= 0.3 is 0 Å². The van der Waals surface area contributed by atoms with Gasteiger partial charge in [0.25, 0.3) is 5.91 Å². The van der Waals surface area contributed by atoms with Crippen LogP contribution in [-0.4, -0.2) is 47.0 Å². The van der Waals surface area contributed by atoms with E-state index in [1.807, 2.05) is 29.2 Å². The molecule has 0 atom stereocenters. The maximum atomic E-state index is 13.9. The van der Waals surface area contributed by atoms with Crippen LogP contribution in [0.15, 0.2) is 42.6 Å². The second-order valence-corrected chi connectivity index (χ2v) is 6.22. The number of nitrogens with zero attached hydrogens (tertiary/aromatic N) is 4. The number of amides is 1. The number of carbonyl (C=O) groups is 1. The smallest absolute Gasteiger partial charge is 0.257 e. The zero-order chi connectivity index (χ0) is 19.0. The first kappa shape index (κ1) is 17.3. The molecule has 8 heteroatoms. The van der Waals surface area contributed by atoms with E-state index in [-0.39, 0.29) is 0 Å². The Bertz CT molecular complexity index is 1020. The van der Waals surface area contributed by atoms with Crippen molar-refractivity contribution in [1.29, 1.82) is 0 Å². The van der Waals surface area contributed by atoms with Crippen molar-refractivity contribution in [2.45, 2.75) is 0 Å². The summed E-state index contributed by atoms with van der Waals surface area (Å²) in [6.45, 7) is 1.58. The molecule has 0 saturated carbocycles. The number of rotatable bonds is 2. The molecule has 0 radical (unpaired) electrons. The van der Waals surface area contributed by atoms with Gasteiger partial charge in [0.1, 0.15) is 5.82 Å². The zero-order valence-corrected chi connectivity index (χ0v) is 14.2. The fourth-order valence-electron chi connectivity index (χ4n) is 3.10. The average molecular weight is 372 g/mol. The second-order valence-electron chi connectivity index (χ2n) is 6.22. The van der Waals surface area contributed by atoms with Gasteiger partial charge < -0.3 is 9.80 Å². The molecule has 27 heavy (non-hydrogen) atoms. The molecule has 3 aromatic rings. The van der Waals surface area contributed by atoms with Crippen molar-refractivity contribution in [1.82, 2.24) is 14.9 Å². The van der Waals surface area contributed by atoms with Crippen LogP contribution in [0.3, 0.4) is 0 Å². The summed E-state index contributed by atoms with van der Waals surface area (Å²) >= 11 is 0. The SMILES string of the molecule is O=C(c1ccc(F)c(F)c1F)N1CCN(c2cnc3ccccc3n2)CC1. The molecule has 1 aromatic heterocycles. The summed E-state index contributed by atoms with van der Waals surface area (Å²) in [5.41, 5.74) is 1.11. The molecule has 2 heterocycles. The minimum atomic E-state index is -1.63. The van der Waals surface area contributed by atoms with E-state index < -0.39 is 28.9 Å².